The molecule has 1 fully saturated rings. The van der Waals surface area contributed by atoms with E-state index in [-0.39, 0.29) is 0 Å². The Morgan fingerprint density at radius 2 is 2.31 bits per heavy atom. The zero-order valence-corrected chi connectivity index (χ0v) is 9.05. The fraction of sp³-hybridized carbons (Fsp3) is 1.00. The minimum Gasteiger partial charge on any atom is -0.380 e. The quantitative estimate of drug-likeness (QED) is 0.699. The molecule has 13 heavy (non-hydrogen) atoms. The fourth-order valence-electron chi connectivity index (χ4n) is 1.42. The highest BCUT2D eigenvalue weighted by Crippen LogP contribution is 2.05. The van der Waals surface area contributed by atoms with E-state index in [1.165, 1.54) is 12.8 Å². The molecule has 1 aliphatic heterocycles. The molecule has 1 aliphatic rings. The first-order chi connectivity index (χ1) is 6.20. The molecule has 0 spiro atoms. The highest BCUT2D eigenvalue weighted by Gasteiger charge is 2.14. The van der Waals surface area contributed by atoms with E-state index in [4.69, 9.17) is 4.74 Å². The monoisotopic (exact) mass is 186 g/mol. The van der Waals surface area contributed by atoms with Gasteiger partial charge in [-0.3, -0.25) is 0 Å². The van der Waals surface area contributed by atoms with Gasteiger partial charge in [0, 0.05) is 25.2 Å². The van der Waals surface area contributed by atoms with E-state index in [2.05, 4.69) is 31.2 Å². The van der Waals surface area contributed by atoms with Gasteiger partial charge in [0.25, 0.3) is 0 Å². The molecule has 0 radical (unpaired) electrons. The lowest BCUT2D eigenvalue weighted by atomic mass is 10.1. The highest BCUT2D eigenvalue weighted by molar-refractivity contribution is 4.73. The zero-order valence-electron chi connectivity index (χ0n) is 9.05. The van der Waals surface area contributed by atoms with E-state index in [1.807, 2.05) is 0 Å². The van der Waals surface area contributed by atoms with Crippen LogP contribution in [0.4, 0.5) is 0 Å². The Morgan fingerprint density at radius 1 is 1.54 bits per heavy atom. The third-order valence-corrected chi connectivity index (χ3v) is 2.74. The minimum atomic E-state index is 0.580. The van der Waals surface area contributed by atoms with E-state index in [9.17, 15) is 0 Å². The molecular formula is C10H22N2O. The number of hydrogen-bond acceptors (Lipinski definition) is 3. The van der Waals surface area contributed by atoms with Crippen LogP contribution in [0.3, 0.4) is 0 Å². The summed E-state index contributed by atoms with van der Waals surface area (Å²) < 4.78 is 5.40. The predicted octanol–water partition coefficient (Wildman–Crippen LogP) is 0.705. The summed E-state index contributed by atoms with van der Waals surface area (Å²) in [5.41, 5.74) is 0. The van der Waals surface area contributed by atoms with Crippen molar-refractivity contribution in [3.63, 3.8) is 0 Å². The number of nitrogens with zero attached hydrogens (tertiary/aromatic N) is 1. The summed E-state index contributed by atoms with van der Waals surface area (Å²) in [7, 11) is 4.23. The van der Waals surface area contributed by atoms with Crippen LogP contribution >= 0.6 is 0 Å². The van der Waals surface area contributed by atoms with Gasteiger partial charge in [-0.05, 0) is 33.9 Å². The van der Waals surface area contributed by atoms with Gasteiger partial charge < -0.3 is 15.0 Å². The number of rotatable bonds is 4. The summed E-state index contributed by atoms with van der Waals surface area (Å²) in [5, 5.41) is 3.54. The van der Waals surface area contributed by atoms with Crippen molar-refractivity contribution >= 4 is 0 Å². The lowest BCUT2D eigenvalue weighted by molar-refractivity contribution is 0.0684. The van der Waals surface area contributed by atoms with E-state index in [0.717, 1.165) is 19.8 Å². The van der Waals surface area contributed by atoms with Crippen LogP contribution in [0.2, 0.25) is 0 Å². The molecule has 0 aromatic rings. The molecule has 3 nitrogen and oxygen atoms in total. The Morgan fingerprint density at radius 3 is 2.85 bits per heavy atom. The molecule has 0 aliphatic carbocycles. The first-order valence-corrected chi connectivity index (χ1v) is 5.17. The Kier molecular flexibility index (Phi) is 4.70. The van der Waals surface area contributed by atoms with Crippen molar-refractivity contribution in [3.05, 3.63) is 0 Å². The molecule has 78 valence electrons. The summed E-state index contributed by atoms with van der Waals surface area (Å²) in [4.78, 5) is 2.23. The van der Waals surface area contributed by atoms with Gasteiger partial charge in [-0.15, -0.1) is 0 Å². The van der Waals surface area contributed by atoms with Crippen LogP contribution in [0.15, 0.2) is 0 Å². The lowest BCUT2D eigenvalue weighted by Gasteiger charge is -2.27. The van der Waals surface area contributed by atoms with Crippen molar-refractivity contribution in [2.45, 2.75) is 31.8 Å². The molecule has 3 heteroatoms. The highest BCUT2D eigenvalue weighted by atomic mass is 16.5. The molecule has 0 saturated carbocycles. The van der Waals surface area contributed by atoms with Crippen LogP contribution in [-0.2, 0) is 4.74 Å². The largest absolute Gasteiger partial charge is 0.380 e. The Balaban J connectivity index is 2.10. The van der Waals surface area contributed by atoms with Crippen molar-refractivity contribution in [2.24, 2.45) is 0 Å². The number of ether oxygens (including phenoxy) is 1. The molecule has 0 bridgehead atoms. The molecule has 1 N–H and O–H groups in total. The van der Waals surface area contributed by atoms with Gasteiger partial charge in [-0.2, -0.15) is 0 Å². The summed E-state index contributed by atoms with van der Waals surface area (Å²) in [6.07, 6.45) is 2.47. The molecule has 1 rings (SSSR count). The van der Waals surface area contributed by atoms with Gasteiger partial charge in [0.15, 0.2) is 0 Å². The van der Waals surface area contributed by atoms with Crippen LogP contribution in [-0.4, -0.2) is 50.8 Å². The third-order valence-electron chi connectivity index (χ3n) is 2.74. The lowest BCUT2D eigenvalue weighted by Crippen LogP contribution is -2.43. The molecule has 2 unspecified atom stereocenters. The average molecular weight is 186 g/mol. The molecule has 0 amide bonds. The van der Waals surface area contributed by atoms with Gasteiger partial charge in [0.05, 0.1) is 6.61 Å². The van der Waals surface area contributed by atoms with E-state index in [1.54, 1.807) is 0 Å². The second-order valence-corrected chi connectivity index (χ2v) is 4.13. The zero-order chi connectivity index (χ0) is 9.68. The topological polar surface area (TPSA) is 24.5 Å². The van der Waals surface area contributed by atoms with Gasteiger partial charge in [-0.1, -0.05) is 0 Å². The average Bonchev–Trinajstić information content (AvgIpc) is 2.15. The van der Waals surface area contributed by atoms with E-state index in [0.29, 0.717) is 12.1 Å². The van der Waals surface area contributed by atoms with Crippen molar-refractivity contribution < 1.29 is 4.74 Å². The number of nitrogens with one attached hydrogen (secondary N) is 1. The first-order valence-electron chi connectivity index (χ1n) is 5.17. The van der Waals surface area contributed by atoms with Gasteiger partial charge in [0.2, 0.25) is 0 Å². The summed E-state index contributed by atoms with van der Waals surface area (Å²) in [5.74, 6) is 0. The van der Waals surface area contributed by atoms with Gasteiger partial charge >= 0.3 is 0 Å². The minimum absolute atomic E-state index is 0.580. The molecule has 0 aromatic carbocycles. The normalized spacial score (nSPS) is 26.3. The second kappa shape index (κ2) is 5.58. The predicted molar refractivity (Wildman–Crippen MR) is 55.0 cm³/mol. The van der Waals surface area contributed by atoms with Crippen LogP contribution in [0.1, 0.15) is 19.8 Å². The summed E-state index contributed by atoms with van der Waals surface area (Å²) in [6.45, 7) is 5.12. The van der Waals surface area contributed by atoms with Crippen molar-refractivity contribution in [1.29, 1.82) is 0 Å². The fourth-order valence-corrected chi connectivity index (χ4v) is 1.42. The SMILES string of the molecule is CC(CNC1CCCOC1)N(C)C. The Hall–Kier alpha value is -0.120. The summed E-state index contributed by atoms with van der Waals surface area (Å²) in [6, 6.07) is 1.18. The maximum Gasteiger partial charge on any atom is 0.0619 e. The molecule has 2 atom stereocenters. The van der Waals surface area contributed by atoms with Gasteiger partial charge in [0.1, 0.15) is 0 Å². The first kappa shape index (κ1) is 11.0. The van der Waals surface area contributed by atoms with Crippen LogP contribution in [0.25, 0.3) is 0 Å². The smallest absolute Gasteiger partial charge is 0.0619 e. The summed E-state index contributed by atoms with van der Waals surface area (Å²) >= 11 is 0. The Bertz CT molecular complexity index is 133. The molecule has 1 heterocycles. The van der Waals surface area contributed by atoms with E-state index < -0.39 is 0 Å². The van der Waals surface area contributed by atoms with Gasteiger partial charge in [-0.25, -0.2) is 0 Å². The van der Waals surface area contributed by atoms with Crippen molar-refractivity contribution in [2.75, 3.05) is 33.9 Å². The van der Waals surface area contributed by atoms with Crippen LogP contribution in [0.5, 0.6) is 0 Å². The standard InChI is InChI=1S/C10H22N2O/c1-9(12(2)3)7-11-10-5-4-6-13-8-10/h9-11H,4-8H2,1-3H3. The van der Waals surface area contributed by atoms with Crippen molar-refractivity contribution in [1.82, 2.24) is 10.2 Å². The Labute approximate surface area is 81.4 Å². The molecular weight excluding hydrogens is 164 g/mol. The van der Waals surface area contributed by atoms with Crippen LogP contribution < -0.4 is 5.32 Å². The van der Waals surface area contributed by atoms with Crippen LogP contribution in [0, 0.1) is 0 Å². The third kappa shape index (κ3) is 4.07. The maximum atomic E-state index is 5.40. The number of likely N-dealkylation sites (N-methyl/N-ethyl adjacent to an activating group) is 1. The molecule has 1 saturated heterocycles. The molecule has 0 aromatic heterocycles. The maximum absolute atomic E-state index is 5.40. The second-order valence-electron chi connectivity index (χ2n) is 4.13. The van der Waals surface area contributed by atoms with Crippen molar-refractivity contribution in [3.8, 4) is 0 Å². The number of hydrogen-bond donors (Lipinski definition) is 1. The van der Waals surface area contributed by atoms with E-state index >= 15 is 0 Å².